The Hall–Kier alpha value is -17.5. The summed E-state index contributed by atoms with van der Waals surface area (Å²) >= 11 is 0. The van der Waals surface area contributed by atoms with Crippen molar-refractivity contribution in [1.29, 1.82) is 0 Å². The quantitative estimate of drug-likeness (QED) is 0.0948. The third-order valence-corrected chi connectivity index (χ3v) is 24.8. The molecule has 0 aliphatic heterocycles. The van der Waals surface area contributed by atoms with Crippen molar-refractivity contribution in [1.82, 2.24) is 59.8 Å². The second-order valence-corrected chi connectivity index (χ2v) is 32.2. The standard InChI is InChI=1S/2C57H35N7/c1-58-41-29-25-35(26-30-41)42-21-11-14-24-47(42)57-63-54(38-19-9-4-10-20-38)62-56(64-57)40-28-32-46-49(34-40)51-44-23-13-12-22-43(44)50(46)48-33-39(27-31-45(48)51)55-60-52(36-15-5-2-6-16-36)59-53(61-55)37-17-7-3-8-18-37;1-58-43-28-24-35(25-29-43)39-20-13-21-40(32-39)55-60-54(38-18-9-4-10-19-38)63-57(64-55)42-27-31-47-49(34-42)51-45-23-12-11-22-44(45)50(47)48-33-41(26-30-46(48)51)56-61-52(36-14-5-2-6-15-36)59-53(62-56)37-16-7-3-8-17-37/h2*2-34,50-51H. The van der Waals surface area contributed by atoms with Crippen LogP contribution in [0.2, 0.25) is 0 Å². The number of benzene rings is 16. The zero-order valence-electron chi connectivity index (χ0n) is 68.7. The van der Waals surface area contributed by atoms with Gasteiger partial charge < -0.3 is 0 Å². The molecule has 4 unspecified atom stereocenters. The van der Waals surface area contributed by atoms with E-state index in [2.05, 4.69) is 155 Å². The van der Waals surface area contributed by atoms with Gasteiger partial charge in [0.05, 0.1) is 13.1 Å². The first-order valence-corrected chi connectivity index (χ1v) is 42.6. The smallest absolute Gasteiger partial charge is 0.187 e. The van der Waals surface area contributed by atoms with Crippen molar-refractivity contribution in [3.05, 3.63) is 490 Å². The highest BCUT2D eigenvalue weighted by Crippen LogP contribution is 2.59. The van der Waals surface area contributed by atoms with Crippen molar-refractivity contribution in [2.45, 2.75) is 23.7 Å². The van der Waals surface area contributed by atoms with Crippen molar-refractivity contribution in [2.75, 3.05) is 0 Å². The molecular formula is C114H70N14. The zero-order valence-corrected chi connectivity index (χ0v) is 68.7. The molecule has 4 bridgehead atoms. The molecule has 0 saturated carbocycles. The molecule has 6 aliphatic carbocycles. The summed E-state index contributed by atoms with van der Waals surface area (Å²) in [5.41, 5.74) is 31.7. The average molecular weight is 1640 g/mol. The maximum absolute atomic E-state index is 7.46. The van der Waals surface area contributed by atoms with E-state index in [0.29, 0.717) is 81.3 Å². The van der Waals surface area contributed by atoms with Gasteiger partial charge in [0.25, 0.3) is 0 Å². The summed E-state index contributed by atoms with van der Waals surface area (Å²) in [5.74, 6) is 7.51. The van der Waals surface area contributed by atoms with E-state index in [4.69, 9.17) is 73.0 Å². The number of hydrogen-bond acceptors (Lipinski definition) is 12. The lowest BCUT2D eigenvalue weighted by Crippen LogP contribution is -2.27. The van der Waals surface area contributed by atoms with Crippen molar-refractivity contribution < 1.29 is 0 Å². The zero-order chi connectivity index (χ0) is 85.1. The van der Waals surface area contributed by atoms with Gasteiger partial charge in [-0.05, 0) is 119 Å². The van der Waals surface area contributed by atoms with Crippen LogP contribution in [0.3, 0.4) is 0 Å². The summed E-state index contributed by atoms with van der Waals surface area (Å²) < 4.78 is 0. The molecule has 4 atom stereocenters. The highest BCUT2D eigenvalue weighted by atomic mass is 15.1. The number of hydrogen-bond donors (Lipinski definition) is 0. The van der Waals surface area contributed by atoms with Gasteiger partial charge in [0, 0.05) is 90.4 Å². The highest BCUT2D eigenvalue weighted by Gasteiger charge is 2.44. The monoisotopic (exact) mass is 1630 g/mol. The van der Waals surface area contributed by atoms with Crippen molar-refractivity contribution in [3.8, 4) is 159 Å². The number of nitrogens with zero attached hydrogens (tertiary/aromatic N) is 14. The molecule has 6 aliphatic rings. The minimum Gasteiger partial charge on any atom is -0.238 e. The van der Waals surface area contributed by atoms with Crippen LogP contribution in [0.25, 0.3) is 169 Å². The summed E-state index contributed by atoms with van der Waals surface area (Å²) in [6, 6.07) is 137. The Bertz CT molecular complexity index is 7720. The molecule has 0 amide bonds. The Morgan fingerprint density at radius 1 is 0.141 bits per heavy atom. The Labute approximate surface area is 739 Å². The van der Waals surface area contributed by atoms with E-state index >= 15 is 0 Å². The molecule has 596 valence electrons. The molecular weight excluding hydrogens is 1570 g/mol. The van der Waals surface area contributed by atoms with Gasteiger partial charge in [0.2, 0.25) is 0 Å². The SMILES string of the molecule is [C-]#[N+]c1ccc(-c2cccc(-c3nc(-c4ccccc4)nc(-c4ccc5c(c4)C4c6ccccc6C5c5cc(-c6nc(-c7ccccc7)nc(-c7ccccc7)n6)ccc54)n3)c2)cc1.[C-]#[N+]c1ccc(-c2ccccc2-c2nc(-c3ccccc3)nc(-c3ccc4c(c3)C3c5ccccc5C4c4cc(-c5nc(-c6ccccc6)nc(-c6ccccc6)n5)ccc43)n2)cc1. The van der Waals surface area contributed by atoms with E-state index in [1.54, 1.807) is 0 Å². The van der Waals surface area contributed by atoms with E-state index in [-0.39, 0.29) is 23.7 Å². The molecule has 0 spiro atoms. The molecule has 16 aromatic carbocycles. The van der Waals surface area contributed by atoms with Crippen LogP contribution in [-0.2, 0) is 0 Å². The van der Waals surface area contributed by atoms with Crippen LogP contribution in [0.15, 0.2) is 400 Å². The van der Waals surface area contributed by atoms with Crippen LogP contribution < -0.4 is 0 Å². The maximum Gasteiger partial charge on any atom is 0.187 e. The molecule has 0 radical (unpaired) electrons. The topological polar surface area (TPSA) is 163 Å². The summed E-state index contributed by atoms with van der Waals surface area (Å²) in [4.78, 5) is 68.2. The fourth-order valence-corrected chi connectivity index (χ4v) is 18.8. The summed E-state index contributed by atoms with van der Waals surface area (Å²) in [6.45, 7) is 14.8. The second kappa shape index (κ2) is 32.1. The Kier molecular flexibility index (Phi) is 18.9. The minimum atomic E-state index is 0.00683. The Morgan fingerprint density at radius 3 is 0.625 bits per heavy atom. The molecule has 14 heteroatoms. The van der Waals surface area contributed by atoms with E-state index in [1.165, 1.54) is 66.8 Å². The molecule has 14 nitrogen and oxygen atoms in total. The summed E-state index contributed by atoms with van der Waals surface area (Å²) in [6.07, 6.45) is 0. The first-order chi connectivity index (χ1) is 63.3. The van der Waals surface area contributed by atoms with Crippen LogP contribution in [0.1, 0.15) is 90.4 Å². The van der Waals surface area contributed by atoms with Crippen molar-refractivity contribution >= 4 is 11.4 Å². The van der Waals surface area contributed by atoms with E-state index in [9.17, 15) is 0 Å². The molecule has 26 rings (SSSR count). The summed E-state index contributed by atoms with van der Waals surface area (Å²) in [7, 11) is 0. The van der Waals surface area contributed by atoms with Gasteiger partial charge in [-0.2, -0.15) is 0 Å². The van der Waals surface area contributed by atoms with Crippen LogP contribution in [0, 0.1) is 13.1 Å². The lowest BCUT2D eigenvalue weighted by molar-refractivity contribution is 0.754. The van der Waals surface area contributed by atoms with E-state index in [0.717, 1.165) is 89.0 Å². The lowest BCUT2D eigenvalue weighted by Gasteiger charge is -2.42. The molecule has 4 aromatic heterocycles. The van der Waals surface area contributed by atoms with Gasteiger partial charge in [0.15, 0.2) is 81.3 Å². The van der Waals surface area contributed by atoms with Crippen LogP contribution >= 0.6 is 0 Å². The first kappa shape index (κ1) is 75.5. The van der Waals surface area contributed by atoms with Crippen LogP contribution in [0.4, 0.5) is 11.4 Å². The predicted octanol–water partition coefficient (Wildman–Crippen LogP) is 26.5. The average Bonchev–Trinajstić information content (AvgIpc) is 0.702. The van der Waals surface area contributed by atoms with Crippen molar-refractivity contribution in [2.24, 2.45) is 0 Å². The molecule has 128 heavy (non-hydrogen) atoms. The fourth-order valence-electron chi connectivity index (χ4n) is 18.8. The maximum atomic E-state index is 7.46. The van der Waals surface area contributed by atoms with Gasteiger partial charge in [0.1, 0.15) is 0 Å². The second-order valence-electron chi connectivity index (χ2n) is 32.2. The van der Waals surface area contributed by atoms with Gasteiger partial charge in [-0.3, -0.25) is 0 Å². The van der Waals surface area contributed by atoms with Gasteiger partial charge in [-0.15, -0.1) is 0 Å². The molecule has 0 fully saturated rings. The molecule has 0 saturated heterocycles. The van der Waals surface area contributed by atoms with E-state index in [1.807, 2.05) is 255 Å². The molecule has 20 aromatic rings. The minimum absolute atomic E-state index is 0.00683. The Morgan fingerprint density at radius 2 is 0.344 bits per heavy atom. The third kappa shape index (κ3) is 13.8. The Balaban J connectivity index is 0.000000146. The largest absolute Gasteiger partial charge is 0.238 e. The predicted molar refractivity (Wildman–Crippen MR) is 505 cm³/mol. The first-order valence-electron chi connectivity index (χ1n) is 42.6. The lowest BCUT2D eigenvalue weighted by atomic mass is 9.61. The highest BCUT2D eigenvalue weighted by molar-refractivity contribution is 5.85. The van der Waals surface area contributed by atoms with Gasteiger partial charge in [-0.25, -0.2) is 69.5 Å². The summed E-state index contributed by atoms with van der Waals surface area (Å²) in [5, 5.41) is 0. The fraction of sp³-hybridized carbons (Fsp3) is 0.0351. The molecule has 0 N–H and O–H groups in total. The van der Waals surface area contributed by atoms with Crippen molar-refractivity contribution in [3.63, 3.8) is 0 Å². The van der Waals surface area contributed by atoms with Crippen LogP contribution in [-0.4, -0.2) is 59.8 Å². The molecule has 4 heterocycles. The number of rotatable bonds is 14. The van der Waals surface area contributed by atoms with Gasteiger partial charge >= 0.3 is 0 Å². The third-order valence-electron chi connectivity index (χ3n) is 24.8. The normalized spacial score (nSPS) is 14.2. The van der Waals surface area contributed by atoms with Gasteiger partial charge in [-0.1, -0.05) is 370 Å². The van der Waals surface area contributed by atoms with E-state index < -0.39 is 0 Å². The number of aromatic nitrogens is 12. The van der Waals surface area contributed by atoms with Crippen LogP contribution in [0.5, 0.6) is 0 Å².